The van der Waals surface area contributed by atoms with Crippen LogP contribution in [0.25, 0.3) is 11.1 Å². The van der Waals surface area contributed by atoms with E-state index in [1.54, 1.807) is 6.07 Å². The zero-order valence-electron chi connectivity index (χ0n) is 19.5. The number of hydrogen-bond acceptors (Lipinski definition) is 8. The number of aromatic nitrogens is 2. The third kappa shape index (κ3) is 3.61. The van der Waals surface area contributed by atoms with Gasteiger partial charge in [0.15, 0.2) is 17.7 Å². The Morgan fingerprint density at radius 3 is 2.62 bits per heavy atom. The smallest absolute Gasteiger partial charge is 0.414 e. The third-order valence-electron chi connectivity index (χ3n) is 7.36. The second-order valence-electron chi connectivity index (χ2n) is 9.49. The summed E-state index contributed by atoms with van der Waals surface area (Å²) in [6.45, 7) is 1.27. The molecule has 1 aromatic carbocycles. The van der Waals surface area contributed by atoms with Gasteiger partial charge in [-0.05, 0) is 18.3 Å². The van der Waals surface area contributed by atoms with Crippen LogP contribution >= 0.6 is 0 Å². The second-order valence-corrected chi connectivity index (χ2v) is 9.49. The summed E-state index contributed by atoms with van der Waals surface area (Å²) >= 11 is 0. The number of ether oxygens (including phenoxy) is 2. The number of anilines is 1. The lowest BCUT2D eigenvalue weighted by atomic mass is 9.95. The average molecular weight is 511 g/mol. The molecule has 12 heteroatoms. The first kappa shape index (κ1) is 23.3. The average Bonchev–Trinajstić information content (AvgIpc) is 3.38. The minimum absolute atomic E-state index is 0.0168. The van der Waals surface area contributed by atoms with Crippen LogP contribution in [0.2, 0.25) is 0 Å². The van der Waals surface area contributed by atoms with Crippen molar-refractivity contribution in [2.75, 3.05) is 38.2 Å². The van der Waals surface area contributed by atoms with E-state index in [0.29, 0.717) is 5.69 Å². The zero-order valence-corrected chi connectivity index (χ0v) is 19.5. The fourth-order valence-corrected chi connectivity index (χ4v) is 5.52. The van der Waals surface area contributed by atoms with E-state index in [-0.39, 0.29) is 36.4 Å². The number of nitrogens with zero attached hydrogens (tertiary/aromatic N) is 5. The molecule has 3 aromatic rings. The highest BCUT2D eigenvalue weighted by Crippen LogP contribution is 2.62. The lowest BCUT2D eigenvalue weighted by molar-refractivity contribution is 0.101. The first-order valence-electron chi connectivity index (χ1n) is 11.6. The SMILES string of the molecule is CN1CC2C(C1)C2(C#N)c1ccc(-c2c(F)cc(N3CC(COc4ccon4)OC3=O)c(F)c2F)cn1. The van der Waals surface area contributed by atoms with Crippen molar-refractivity contribution in [3.63, 3.8) is 0 Å². The van der Waals surface area contributed by atoms with Gasteiger partial charge in [0.25, 0.3) is 5.88 Å². The van der Waals surface area contributed by atoms with E-state index in [1.165, 1.54) is 24.6 Å². The van der Waals surface area contributed by atoms with Crippen LogP contribution in [-0.4, -0.2) is 60.5 Å². The molecular formula is C25H20F3N5O4. The Hall–Kier alpha value is -4.11. The summed E-state index contributed by atoms with van der Waals surface area (Å²) < 4.78 is 60.4. The molecule has 0 spiro atoms. The van der Waals surface area contributed by atoms with Gasteiger partial charge in [-0.1, -0.05) is 6.07 Å². The van der Waals surface area contributed by atoms with Crippen LogP contribution in [0.3, 0.4) is 0 Å². The minimum Gasteiger partial charge on any atom is -0.471 e. The number of rotatable bonds is 6. The Bertz CT molecular complexity index is 1400. The van der Waals surface area contributed by atoms with E-state index in [0.717, 1.165) is 24.1 Å². The van der Waals surface area contributed by atoms with Crippen LogP contribution in [0.15, 0.2) is 41.2 Å². The van der Waals surface area contributed by atoms with Gasteiger partial charge < -0.3 is 18.9 Å². The summed E-state index contributed by atoms with van der Waals surface area (Å²) in [5.74, 6) is -3.44. The molecule has 1 aliphatic carbocycles. The molecule has 4 heterocycles. The van der Waals surface area contributed by atoms with E-state index in [9.17, 15) is 10.1 Å². The van der Waals surface area contributed by atoms with E-state index in [4.69, 9.17) is 9.47 Å². The molecule has 1 amide bonds. The summed E-state index contributed by atoms with van der Waals surface area (Å²) in [5, 5.41) is 13.4. The fourth-order valence-electron chi connectivity index (χ4n) is 5.52. The zero-order chi connectivity index (χ0) is 25.9. The first-order chi connectivity index (χ1) is 17.8. The predicted octanol–water partition coefficient (Wildman–Crippen LogP) is 3.51. The Morgan fingerprint density at radius 2 is 1.97 bits per heavy atom. The molecule has 3 atom stereocenters. The van der Waals surface area contributed by atoms with Crippen molar-refractivity contribution in [3.8, 4) is 23.1 Å². The molecule has 2 saturated heterocycles. The van der Waals surface area contributed by atoms with Gasteiger partial charge in [-0.3, -0.25) is 9.88 Å². The van der Waals surface area contributed by atoms with Crippen molar-refractivity contribution in [1.82, 2.24) is 15.0 Å². The summed E-state index contributed by atoms with van der Waals surface area (Å²) in [4.78, 5) is 19.6. The molecule has 190 valence electrons. The van der Waals surface area contributed by atoms with E-state index in [1.807, 2.05) is 7.05 Å². The number of nitriles is 1. The van der Waals surface area contributed by atoms with Crippen molar-refractivity contribution in [3.05, 3.63) is 59.9 Å². The maximum atomic E-state index is 15.1. The number of fused-ring (bicyclic) bond motifs is 1. The number of carbonyl (C=O) groups is 1. The highest BCUT2D eigenvalue weighted by atomic mass is 19.2. The van der Waals surface area contributed by atoms with Crippen molar-refractivity contribution < 1.29 is 32.0 Å². The van der Waals surface area contributed by atoms with Gasteiger partial charge in [-0.15, -0.1) is 0 Å². The lowest BCUT2D eigenvalue weighted by Gasteiger charge is -2.19. The summed E-state index contributed by atoms with van der Waals surface area (Å²) in [5.41, 5.74) is -1.35. The van der Waals surface area contributed by atoms with Crippen LogP contribution in [-0.2, 0) is 10.2 Å². The van der Waals surface area contributed by atoms with Gasteiger partial charge in [0.1, 0.15) is 24.1 Å². The highest BCUT2D eigenvalue weighted by Gasteiger charge is 2.70. The molecule has 1 saturated carbocycles. The maximum absolute atomic E-state index is 15.1. The van der Waals surface area contributed by atoms with Gasteiger partial charge in [-0.2, -0.15) is 5.26 Å². The van der Waals surface area contributed by atoms with Gasteiger partial charge in [0, 0.05) is 48.8 Å². The van der Waals surface area contributed by atoms with Gasteiger partial charge in [0.2, 0.25) is 0 Å². The summed E-state index contributed by atoms with van der Waals surface area (Å²) in [7, 11) is 1.99. The third-order valence-corrected chi connectivity index (χ3v) is 7.36. The number of pyridine rings is 1. The molecule has 3 fully saturated rings. The van der Waals surface area contributed by atoms with E-state index >= 15 is 13.2 Å². The van der Waals surface area contributed by atoms with Gasteiger partial charge in [-0.25, -0.2) is 18.0 Å². The van der Waals surface area contributed by atoms with E-state index < -0.39 is 46.3 Å². The number of carbonyl (C=O) groups excluding carboxylic acids is 1. The second kappa shape index (κ2) is 8.48. The summed E-state index contributed by atoms with van der Waals surface area (Å²) in [6.07, 6.45) is 0.757. The molecule has 37 heavy (non-hydrogen) atoms. The predicted molar refractivity (Wildman–Crippen MR) is 121 cm³/mol. The number of halogens is 3. The Balaban J connectivity index is 1.23. The molecular weight excluding hydrogens is 491 g/mol. The number of amides is 1. The van der Waals surface area contributed by atoms with Gasteiger partial charge >= 0.3 is 6.09 Å². The number of cyclic esters (lactones) is 1. The minimum atomic E-state index is -1.46. The van der Waals surface area contributed by atoms with Crippen molar-refractivity contribution in [2.24, 2.45) is 11.8 Å². The van der Waals surface area contributed by atoms with Gasteiger partial charge in [0.05, 0.1) is 29.6 Å². The van der Waals surface area contributed by atoms with Crippen LogP contribution < -0.4 is 9.64 Å². The topological polar surface area (TPSA) is 105 Å². The molecule has 0 radical (unpaired) electrons. The van der Waals surface area contributed by atoms with Crippen molar-refractivity contribution in [1.29, 1.82) is 5.26 Å². The van der Waals surface area contributed by atoms with Crippen LogP contribution in [0.1, 0.15) is 5.69 Å². The number of hydrogen-bond donors (Lipinski definition) is 0. The maximum Gasteiger partial charge on any atom is 0.414 e. The standard InChI is InChI=1S/C25H20F3N5O4/c1-32-9-15-16(10-32)25(15,12-29)19-3-2-13(7-30-19)21-17(26)6-18(22(27)23(21)28)33-8-14(37-24(33)34)11-35-20-4-5-36-31-20/h2-7,14-16H,8-11H2,1H3. The lowest BCUT2D eigenvalue weighted by Crippen LogP contribution is -2.28. The Morgan fingerprint density at radius 1 is 1.19 bits per heavy atom. The molecule has 2 aromatic heterocycles. The number of piperidine rings is 1. The Labute approximate surface area is 209 Å². The number of benzene rings is 1. The highest BCUT2D eigenvalue weighted by molar-refractivity contribution is 5.90. The molecule has 0 N–H and O–H groups in total. The normalized spacial score (nSPS) is 26.6. The van der Waals surface area contributed by atoms with Crippen molar-refractivity contribution in [2.45, 2.75) is 11.5 Å². The fraction of sp³-hybridized carbons (Fsp3) is 0.360. The molecule has 3 unspecified atom stereocenters. The largest absolute Gasteiger partial charge is 0.471 e. The molecule has 2 aliphatic heterocycles. The summed E-state index contributed by atoms with van der Waals surface area (Å²) in [6, 6.07) is 7.59. The van der Waals surface area contributed by atoms with Crippen LogP contribution in [0, 0.1) is 40.6 Å². The first-order valence-corrected chi connectivity index (χ1v) is 11.6. The Kier molecular flexibility index (Phi) is 5.34. The monoisotopic (exact) mass is 511 g/mol. The van der Waals surface area contributed by atoms with Crippen LogP contribution in [0.5, 0.6) is 5.88 Å². The molecule has 0 bridgehead atoms. The van der Waals surface area contributed by atoms with Crippen LogP contribution in [0.4, 0.5) is 23.7 Å². The van der Waals surface area contributed by atoms with Crippen molar-refractivity contribution >= 4 is 11.8 Å². The number of likely N-dealkylation sites (tertiary alicyclic amines) is 1. The molecule has 3 aliphatic rings. The quantitative estimate of drug-likeness (QED) is 0.463. The van der Waals surface area contributed by atoms with E-state index in [2.05, 4.69) is 25.6 Å². The molecule has 9 nitrogen and oxygen atoms in total. The molecule has 6 rings (SSSR count).